The number of benzene rings is 2. The Morgan fingerprint density at radius 3 is 2.36 bits per heavy atom. The lowest BCUT2D eigenvalue weighted by molar-refractivity contribution is -0.114. The number of aryl methyl sites for hydroxylation is 2. The highest BCUT2D eigenvalue weighted by molar-refractivity contribution is 7.89. The summed E-state index contributed by atoms with van der Waals surface area (Å²) in [5.74, 6) is -0.197. The zero-order valence-electron chi connectivity index (χ0n) is 16.6. The van der Waals surface area contributed by atoms with Gasteiger partial charge in [0.1, 0.15) is 0 Å². The monoisotopic (exact) mass is 401 g/mol. The lowest BCUT2D eigenvalue weighted by atomic mass is 10.1. The van der Waals surface area contributed by atoms with Crippen LogP contribution in [-0.2, 0) is 14.8 Å². The number of anilines is 2. The van der Waals surface area contributed by atoms with Gasteiger partial charge in [0.15, 0.2) is 0 Å². The van der Waals surface area contributed by atoms with Crippen LogP contribution in [-0.4, -0.2) is 45.3 Å². The molecule has 28 heavy (non-hydrogen) atoms. The third-order valence-electron chi connectivity index (χ3n) is 4.85. The van der Waals surface area contributed by atoms with E-state index in [1.807, 2.05) is 37.9 Å². The zero-order valence-corrected chi connectivity index (χ0v) is 17.4. The highest BCUT2D eigenvalue weighted by Gasteiger charge is 2.27. The van der Waals surface area contributed by atoms with E-state index in [1.165, 1.54) is 10.4 Å². The van der Waals surface area contributed by atoms with E-state index in [4.69, 9.17) is 0 Å². The topological polar surface area (TPSA) is 69.7 Å². The summed E-state index contributed by atoms with van der Waals surface area (Å²) in [7, 11) is -1.64. The van der Waals surface area contributed by atoms with Gasteiger partial charge in [0.05, 0.1) is 11.4 Å². The Morgan fingerprint density at radius 1 is 1.07 bits per heavy atom. The van der Waals surface area contributed by atoms with Crippen molar-refractivity contribution in [3.63, 3.8) is 0 Å². The number of sulfonamides is 1. The van der Waals surface area contributed by atoms with Gasteiger partial charge in [-0.3, -0.25) is 4.79 Å². The van der Waals surface area contributed by atoms with Crippen molar-refractivity contribution in [3.05, 3.63) is 53.6 Å². The Balaban J connectivity index is 1.69. The van der Waals surface area contributed by atoms with E-state index in [-0.39, 0.29) is 17.3 Å². The van der Waals surface area contributed by atoms with Crippen LogP contribution in [0.4, 0.5) is 11.4 Å². The second-order valence-corrected chi connectivity index (χ2v) is 9.33. The number of amides is 1. The molecule has 0 aromatic heterocycles. The highest BCUT2D eigenvalue weighted by Crippen LogP contribution is 2.23. The van der Waals surface area contributed by atoms with Gasteiger partial charge < -0.3 is 10.2 Å². The Labute approximate surface area is 167 Å². The van der Waals surface area contributed by atoms with E-state index in [2.05, 4.69) is 11.4 Å². The molecule has 0 atom stereocenters. The van der Waals surface area contributed by atoms with Crippen LogP contribution in [0.2, 0.25) is 0 Å². The smallest absolute Gasteiger partial charge is 0.243 e. The molecule has 1 fully saturated rings. The number of rotatable bonds is 6. The normalized spacial score (nSPS) is 14.8. The first kappa shape index (κ1) is 20.4. The van der Waals surface area contributed by atoms with Gasteiger partial charge in [0.25, 0.3) is 0 Å². The fourth-order valence-corrected chi connectivity index (χ4v) is 5.05. The molecule has 1 aliphatic heterocycles. The average Bonchev–Trinajstić information content (AvgIpc) is 3.16. The SMILES string of the molecule is Cc1cc(C)cc(N(C)CC(=O)Nc2cccc(S(=O)(=O)N3CCCC3)c2)c1. The first-order valence-corrected chi connectivity index (χ1v) is 10.9. The van der Waals surface area contributed by atoms with Crippen LogP contribution < -0.4 is 10.2 Å². The van der Waals surface area contributed by atoms with E-state index < -0.39 is 10.0 Å². The number of carbonyl (C=O) groups is 1. The Bertz CT molecular complexity index is 946. The fraction of sp³-hybridized carbons (Fsp3) is 0.381. The molecule has 3 rings (SSSR count). The van der Waals surface area contributed by atoms with Crippen molar-refractivity contribution in [2.45, 2.75) is 31.6 Å². The van der Waals surface area contributed by atoms with Crippen LogP contribution in [0.25, 0.3) is 0 Å². The van der Waals surface area contributed by atoms with Gasteiger partial charge >= 0.3 is 0 Å². The Kier molecular flexibility index (Phi) is 6.05. The maximum Gasteiger partial charge on any atom is 0.243 e. The van der Waals surface area contributed by atoms with Crippen molar-refractivity contribution < 1.29 is 13.2 Å². The first-order valence-electron chi connectivity index (χ1n) is 9.45. The van der Waals surface area contributed by atoms with Crippen molar-refractivity contribution in [2.24, 2.45) is 0 Å². The van der Waals surface area contributed by atoms with Crippen molar-refractivity contribution in [1.29, 1.82) is 0 Å². The fourth-order valence-electron chi connectivity index (χ4n) is 3.49. The minimum Gasteiger partial charge on any atom is -0.365 e. The van der Waals surface area contributed by atoms with Gasteiger partial charge in [-0.25, -0.2) is 8.42 Å². The van der Waals surface area contributed by atoms with E-state index in [0.717, 1.165) is 29.7 Å². The number of nitrogens with zero attached hydrogens (tertiary/aromatic N) is 2. The van der Waals surface area contributed by atoms with Gasteiger partial charge in [0, 0.05) is 31.5 Å². The first-order chi connectivity index (χ1) is 13.3. The minimum atomic E-state index is -3.50. The van der Waals surface area contributed by atoms with Crippen LogP contribution in [0.15, 0.2) is 47.4 Å². The quantitative estimate of drug-likeness (QED) is 0.807. The molecule has 2 aromatic carbocycles. The van der Waals surface area contributed by atoms with Crippen LogP contribution in [0.5, 0.6) is 0 Å². The van der Waals surface area contributed by atoms with Crippen LogP contribution in [0, 0.1) is 13.8 Å². The summed E-state index contributed by atoms with van der Waals surface area (Å²) in [6.07, 6.45) is 1.78. The molecule has 0 spiro atoms. The second kappa shape index (κ2) is 8.32. The number of hydrogen-bond acceptors (Lipinski definition) is 4. The molecule has 0 saturated carbocycles. The molecule has 7 heteroatoms. The third kappa shape index (κ3) is 4.72. The molecule has 1 amide bonds. The van der Waals surface area contributed by atoms with E-state index in [1.54, 1.807) is 18.2 Å². The summed E-state index contributed by atoms with van der Waals surface area (Å²) in [6.45, 7) is 5.33. The maximum atomic E-state index is 12.7. The summed E-state index contributed by atoms with van der Waals surface area (Å²) >= 11 is 0. The van der Waals surface area contributed by atoms with Gasteiger partial charge in [-0.15, -0.1) is 0 Å². The molecule has 1 heterocycles. The predicted octanol–water partition coefficient (Wildman–Crippen LogP) is 3.16. The predicted molar refractivity (Wildman–Crippen MR) is 112 cm³/mol. The number of hydrogen-bond donors (Lipinski definition) is 1. The molecular formula is C21H27N3O3S. The molecule has 150 valence electrons. The lowest BCUT2D eigenvalue weighted by Gasteiger charge is -2.20. The van der Waals surface area contributed by atoms with Gasteiger partial charge in [0.2, 0.25) is 15.9 Å². The number of carbonyl (C=O) groups excluding carboxylic acids is 1. The van der Waals surface area contributed by atoms with Gasteiger partial charge in [-0.05, 0) is 68.1 Å². The van der Waals surface area contributed by atoms with E-state index in [0.29, 0.717) is 18.8 Å². The Hall–Kier alpha value is -2.38. The van der Waals surface area contributed by atoms with E-state index >= 15 is 0 Å². The summed E-state index contributed by atoms with van der Waals surface area (Å²) in [4.78, 5) is 14.6. The molecule has 1 saturated heterocycles. The van der Waals surface area contributed by atoms with Crippen LogP contribution in [0.1, 0.15) is 24.0 Å². The summed E-state index contributed by atoms with van der Waals surface area (Å²) in [5, 5.41) is 2.81. The summed E-state index contributed by atoms with van der Waals surface area (Å²) in [6, 6.07) is 12.6. The third-order valence-corrected chi connectivity index (χ3v) is 6.74. The average molecular weight is 402 g/mol. The minimum absolute atomic E-state index is 0.173. The van der Waals surface area contributed by atoms with Gasteiger partial charge in [-0.1, -0.05) is 12.1 Å². The van der Waals surface area contributed by atoms with Gasteiger partial charge in [-0.2, -0.15) is 4.31 Å². The van der Waals surface area contributed by atoms with Crippen LogP contribution in [0.3, 0.4) is 0 Å². The van der Waals surface area contributed by atoms with Crippen molar-refractivity contribution in [3.8, 4) is 0 Å². The molecule has 0 radical (unpaired) electrons. The molecule has 2 aromatic rings. The standard InChI is InChI=1S/C21H27N3O3S/c1-16-11-17(2)13-19(12-16)23(3)15-21(25)22-18-7-6-8-20(14-18)28(26,27)24-9-4-5-10-24/h6-8,11-14H,4-5,9-10,15H2,1-3H3,(H,22,25). The summed E-state index contributed by atoms with van der Waals surface area (Å²) in [5.41, 5.74) is 3.74. The highest BCUT2D eigenvalue weighted by atomic mass is 32.2. The molecule has 6 nitrogen and oxygen atoms in total. The molecule has 0 aliphatic carbocycles. The number of likely N-dealkylation sites (N-methyl/N-ethyl adjacent to an activating group) is 1. The Morgan fingerprint density at radius 2 is 1.71 bits per heavy atom. The van der Waals surface area contributed by atoms with Crippen molar-refractivity contribution in [2.75, 3.05) is 36.9 Å². The van der Waals surface area contributed by atoms with Crippen molar-refractivity contribution in [1.82, 2.24) is 4.31 Å². The van der Waals surface area contributed by atoms with E-state index in [9.17, 15) is 13.2 Å². The second-order valence-electron chi connectivity index (χ2n) is 7.39. The van der Waals surface area contributed by atoms with Crippen molar-refractivity contribution >= 4 is 27.3 Å². The molecular weight excluding hydrogens is 374 g/mol. The zero-order chi connectivity index (χ0) is 20.3. The summed E-state index contributed by atoms with van der Waals surface area (Å²) < 4.78 is 26.9. The molecule has 0 bridgehead atoms. The molecule has 1 N–H and O–H groups in total. The largest absolute Gasteiger partial charge is 0.365 e. The molecule has 0 unspecified atom stereocenters. The number of nitrogens with one attached hydrogen (secondary N) is 1. The lowest BCUT2D eigenvalue weighted by Crippen LogP contribution is -2.30. The van der Waals surface area contributed by atoms with Crippen LogP contribution >= 0.6 is 0 Å². The maximum absolute atomic E-state index is 12.7. The molecule has 1 aliphatic rings.